The van der Waals surface area contributed by atoms with E-state index in [0.29, 0.717) is 18.4 Å². The molecule has 1 fully saturated rings. The van der Waals surface area contributed by atoms with Crippen LogP contribution in [0.4, 0.5) is 0 Å². The van der Waals surface area contributed by atoms with Gasteiger partial charge in [0, 0.05) is 25.5 Å². The van der Waals surface area contributed by atoms with Crippen LogP contribution in [0.15, 0.2) is 4.52 Å². The van der Waals surface area contributed by atoms with Gasteiger partial charge in [0.15, 0.2) is 5.82 Å². The zero-order chi connectivity index (χ0) is 14.4. The molecule has 0 aliphatic heterocycles. The van der Waals surface area contributed by atoms with E-state index in [1.54, 1.807) is 7.11 Å². The number of ether oxygens (including phenoxy) is 1. The summed E-state index contributed by atoms with van der Waals surface area (Å²) in [6.45, 7) is 2.93. The van der Waals surface area contributed by atoms with E-state index >= 15 is 0 Å². The highest BCUT2D eigenvalue weighted by Crippen LogP contribution is 2.35. The first-order chi connectivity index (χ1) is 9.76. The first kappa shape index (κ1) is 15.4. The Hall–Kier alpha value is -0.940. The summed E-state index contributed by atoms with van der Waals surface area (Å²) < 4.78 is 10.6. The van der Waals surface area contributed by atoms with Gasteiger partial charge in [0.25, 0.3) is 0 Å². The number of methoxy groups -OCH3 is 1. The van der Waals surface area contributed by atoms with Crippen molar-refractivity contribution >= 4 is 0 Å². The van der Waals surface area contributed by atoms with Gasteiger partial charge in [0.1, 0.15) is 0 Å². The summed E-state index contributed by atoms with van der Waals surface area (Å²) in [5.41, 5.74) is 0. The van der Waals surface area contributed by atoms with E-state index in [0.717, 1.165) is 18.2 Å². The third kappa shape index (κ3) is 4.03. The molecule has 1 aliphatic carbocycles. The van der Waals surface area contributed by atoms with Crippen LogP contribution in [-0.4, -0.2) is 36.9 Å². The van der Waals surface area contributed by atoms with Crippen LogP contribution >= 0.6 is 0 Å². The van der Waals surface area contributed by atoms with Gasteiger partial charge in [-0.05, 0) is 38.6 Å². The molecule has 1 unspecified atom stereocenters. The second-order valence-electron chi connectivity index (χ2n) is 5.82. The van der Waals surface area contributed by atoms with Gasteiger partial charge in [-0.15, -0.1) is 0 Å². The molecule has 1 aliphatic rings. The molecule has 1 aromatic heterocycles. The number of hydrogen-bond donors (Lipinski definition) is 1. The maximum Gasteiger partial charge on any atom is 0.228 e. The highest BCUT2D eigenvalue weighted by molar-refractivity contribution is 4.98. The predicted octanol–water partition coefficient (Wildman–Crippen LogP) is 2.53. The van der Waals surface area contributed by atoms with Crippen molar-refractivity contribution in [1.82, 2.24) is 15.5 Å². The van der Waals surface area contributed by atoms with Crippen molar-refractivity contribution in [2.24, 2.45) is 5.92 Å². The van der Waals surface area contributed by atoms with Crippen LogP contribution < -0.4 is 5.32 Å². The first-order valence-electron chi connectivity index (χ1n) is 7.75. The quantitative estimate of drug-likeness (QED) is 0.832. The Morgan fingerprint density at radius 1 is 1.35 bits per heavy atom. The maximum absolute atomic E-state index is 5.39. The van der Waals surface area contributed by atoms with Crippen LogP contribution in [0.3, 0.4) is 0 Å². The van der Waals surface area contributed by atoms with Crippen LogP contribution in [0.25, 0.3) is 0 Å². The third-order valence-electron chi connectivity index (χ3n) is 4.47. The summed E-state index contributed by atoms with van der Waals surface area (Å²) in [5.74, 6) is 3.01. The smallest absolute Gasteiger partial charge is 0.228 e. The van der Waals surface area contributed by atoms with Crippen molar-refractivity contribution in [3.63, 3.8) is 0 Å². The fourth-order valence-electron chi connectivity index (χ4n) is 3.00. The van der Waals surface area contributed by atoms with Gasteiger partial charge in [-0.1, -0.05) is 18.5 Å². The SMILES string of the molecule is CCC1CCC(c2noc(CC(COC)NC)n2)CC1. The molecule has 1 atom stereocenters. The largest absolute Gasteiger partial charge is 0.383 e. The van der Waals surface area contributed by atoms with Crippen molar-refractivity contribution in [3.05, 3.63) is 11.7 Å². The van der Waals surface area contributed by atoms with E-state index in [1.807, 2.05) is 7.05 Å². The lowest BCUT2D eigenvalue weighted by Gasteiger charge is -2.25. The van der Waals surface area contributed by atoms with E-state index < -0.39 is 0 Å². The minimum Gasteiger partial charge on any atom is -0.383 e. The van der Waals surface area contributed by atoms with E-state index in [4.69, 9.17) is 9.26 Å². The molecule has 114 valence electrons. The molecule has 0 saturated heterocycles. The summed E-state index contributed by atoms with van der Waals surface area (Å²) in [6, 6.07) is 0.226. The average molecular weight is 281 g/mol. The van der Waals surface area contributed by atoms with Crippen molar-refractivity contribution in [2.75, 3.05) is 20.8 Å². The van der Waals surface area contributed by atoms with Gasteiger partial charge in [-0.25, -0.2) is 0 Å². The van der Waals surface area contributed by atoms with Gasteiger partial charge < -0.3 is 14.6 Å². The second kappa shape index (κ2) is 7.74. The van der Waals surface area contributed by atoms with Crippen molar-refractivity contribution in [2.45, 2.75) is 57.4 Å². The second-order valence-corrected chi connectivity index (χ2v) is 5.82. The number of aromatic nitrogens is 2. The minimum absolute atomic E-state index is 0.226. The topological polar surface area (TPSA) is 60.2 Å². The molecule has 0 radical (unpaired) electrons. The Balaban J connectivity index is 1.88. The van der Waals surface area contributed by atoms with Gasteiger partial charge in [0.2, 0.25) is 5.89 Å². The molecule has 1 heterocycles. The molecule has 1 saturated carbocycles. The normalized spacial score (nSPS) is 24.8. The summed E-state index contributed by atoms with van der Waals surface area (Å²) in [5, 5.41) is 7.38. The molecular formula is C15H27N3O2. The molecule has 2 rings (SSSR count). The average Bonchev–Trinajstić information content (AvgIpc) is 2.95. The van der Waals surface area contributed by atoms with Crippen molar-refractivity contribution in [3.8, 4) is 0 Å². The summed E-state index contributed by atoms with van der Waals surface area (Å²) in [4.78, 5) is 4.58. The highest BCUT2D eigenvalue weighted by atomic mass is 16.5. The van der Waals surface area contributed by atoms with Gasteiger partial charge >= 0.3 is 0 Å². The third-order valence-corrected chi connectivity index (χ3v) is 4.47. The van der Waals surface area contributed by atoms with Crippen LogP contribution in [0, 0.1) is 5.92 Å². The Morgan fingerprint density at radius 3 is 2.70 bits per heavy atom. The molecule has 1 N–H and O–H groups in total. The van der Waals surface area contributed by atoms with Gasteiger partial charge in [-0.2, -0.15) is 4.98 Å². The molecule has 0 bridgehead atoms. The highest BCUT2D eigenvalue weighted by Gasteiger charge is 2.25. The number of nitrogens with one attached hydrogen (secondary N) is 1. The molecule has 5 nitrogen and oxygen atoms in total. The maximum atomic E-state index is 5.39. The van der Waals surface area contributed by atoms with Crippen LogP contribution in [0.1, 0.15) is 56.7 Å². The molecule has 0 aromatic carbocycles. The summed E-state index contributed by atoms with van der Waals surface area (Å²) in [7, 11) is 3.63. The van der Waals surface area contributed by atoms with Crippen LogP contribution in [-0.2, 0) is 11.2 Å². The molecule has 20 heavy (non-hydrogen) atoms. The number of rotatable bonds is 7. The summed E-state index contributed by atoms with van der Waals surface area (Å²) in [6.07, 6.45) is 7.02. The molecular weight excluding hydrogens is 254 g/mol. The van der Waals surface area contributed by atoms with Crippen LogP contribution in [0.5, 0.6) is 0 Å². The van der Waals surface area contributed by atoms with E-state index in [-0.39, 0.29) is 6.04 Å². The number of likely N-dealkylation sites (N-methyl/N-ethyl adjacent to an activating group) is 1. The van der Waals surface area contributed by atoms with Crippen molar-refractivity contribution in [1.29, 1.82) is 0 Å². The standard InChI is InChI=1S/C15H27N3O2/c1-4-11-5-7-12(8-6-11)15-17-14(20-18-15)9-13(16-2)10-19-3/h11-13,16H,4-10H2,1-3H3. The van der Waals surface area contributed by atoms with E-state index in [9.17, 15) is 0 Å². The number of nitrogens with zero attached hydrogens (tertiary/aromatic N) is 2. The molecule has 0 spiro atoms. The van der Waals surface area contributed by atoms with E-state index in [1.165, 1.54) is 32.1 Å². The van der Waals surface area contributed by atoms with Crippen LogP contribution in [0.2, 0.25) is 0 Å². The fourth-order valence-corrected chi connectivity index (χ4v) is 3.00. The zero-order valence-corrected chi connectivity index (χ0v) is 12.9. The van der Waals surface area contributed by atoms with Gasteiger partial charge in [0.05, 0.1) is 6.61 Å². The monoisotopic (exact) mass is 281 g/mol. The fraction of sp³-hybridized carbons (Fsp3) is 0.867. The zero-order valence-electron chi connectivity index (χ0n) is 12.9. The Morgan fingerprint density at radius 2 is 2.10 bits per heavy atom. The Kier molecular flexibility index (Phi) is 5.98. The summed E-state index contributed by atoms with van der Waals surface area (Å²) >= 11 is 0. The Bertz CT molecular complexity index is 386. The predicted molar refractivity (Wildman–Crippen MR) is 77.7 cm³/mol. The van der Waals surface area contributed by atoms with Crippen molar-refractivity contribution < 1.29 is 9.26 Å². The Labute approximate surface area is 121 Å². The first-order valence-corrected chi connectivity index (χ1v) is 7.75. The number of hydrogen-bond acceptors (Lipinski definition) is 5. The molecule has 0 amide bonds. The lowest BCUT2D eigenvalue weighted by Crippen LogP contribution is -2.32. The lowest BCUT2D eigenvalue weighted by molar-refractivity contribution is 0.165. The van der Waals surface area contributed by atoms with Gasteiger partial charge in [-0.3, -0.25) is 0 Å². The lowest BCUT2D eigenvalue weighted by atomic mass is 9.80. The molecule has 1 aromatic rings. The van der Waals surface area contributed by atoms with E-state index in [2.05, 4.69) is 22.4 Å². The molecule has 5 heteroatoms. The minimum atomic E-state index is 0.226.